The monoisotopic (exact) mass is 341 g/mol. The Morgan fingerprint density at radius 3 is 2.44 bits per heavy atom. The first kappa shape index (κ1) is 16.7. The van der Waals surface area contributed by atoms with Crippen LogP contribution in [-0.2, 0) is 0 Å². The summed E-state index contributed by atoms with van der Waals surface area (Å²) in [6.45, 7) is 0.150. The van der Waals surface area contributed by atoms with Gasteiger partial charge in [0, 0.05) is 11.3 Å². The average Bonchev–Trinajstić information content (AvgIpc) is 3.12. The van der Waals surface area contributed by atoms with Crippen LogP contribution in [0.2, 0.25) is 0 Å². The van der Waals surface area contributed by atoms with Crippen LogP contribution in [0.15, 0.2) is 65.1 Å². The molecule has 6 heteroatoms. The lowest BCUT2D eigenvalue weighted by Crippen LogP contribution is -2.10. The fraction of sp³-hybridized carbons (Fsp3) is 0.105. The van der Waals surface area contributed by atoms with E-state index >= 15 is 0 Å². The Bertz CT molecular complexity index is 841. The molecule has 1 aromatic heterocycles. The molecule has 0 spiro atoms. The van der Waals surface area contributed by atoms with Gasteiger partial charge in [-0.2, -0.15) is 0 Å². The van der Waals surface area contributed by atoms with E-state index in [2.05, 4.69) is 5.32 Å². The molecule has 1 amide bonds. The van der Waals surface area contributed by atoms with Crippen LogP contribution in [0.4, 0.5) is 10.1 Å². The third-order valence-electron chi connectivity index (χ3n) is 3.43. The van der Waals surface area contributed by atoms with Gasteiger partial charge in [0.15, 0.2) is 5.76 Å². The van der Waals surface area contributed by atoms with Crippen LogP contribution < -0.4 is 10.1 Å². The van der Waals surface area contributed by atoms with Crippen LogP contribution in [-0.4, -0.2) is 24.2 Å². The molecule has 3 rings (SSSR count). The van der Waals surface area contributed by atoms with Crippen LogP contribution in [0, 0.1) is 5.82 Å². The number of carbonyl (C=O) groups is 1. The van der Waals surface area contributed by atoms with Crippen molar-refractivity contribution in [3.8, 4) is 17.1 Å². The Morgan fingerprint density at radius 2 is 1.76 bits per heavy atom. The maximum absolute atomic E-state index is 13.0. The molecule has 0 atom stereocenters. The van der Waals surface area contributed by atoms with Gasteiger partial charge in [-0.3, -0.25) is 4.79 Å². The van der Waals surface area contributed by atoms with Gasteiger partial charge in [-0.25, -0.2) is 4.39 Å². The van der Waals surface area contributed by atoms with Gasteiger partial charge in [-0.15, -0.1) is 0 Å². The summed E-state index contributed by atoms with van der Waals surface area (Å²) in [6.07, 6.45) is 0. The Kier molecular flexibility index (Phi) is 5.11. The number of aliphatic hydroxyl groups is 1. The first-order valence-electron chi connectivity index (χ1n) is 7.66. The van der Waals surface area contributed by atoms with Gasteiger partial charge in [0.1, 0.15) is 23.9 Å². The van der Waals surface area contributed by atoms with E-state index in [1.807, 2.05) is 0 Å². The number of carbonyl (C=O) groups excluding carboxylic acids is 1. The predicted octanol–water partition coefficient (Wildman–Crippen LogP) is 3.71. The molecule has 0 fully saturated rings. The summed E-state index contributed by atoms with van der Waals surface area (Å²) in [5, 5.41) is 11.4. The van der Waals surface area contributed by atoms with Gasteiger partial charge < -0.3 is 19.6 Å². The molecular weight excluding hydrogens is 325 g/mol. The van der Waals surface area contributed by atoms with Gasteiger partial charge in [0.25, 0.3) is 5.91 Å². The van der Waals surface area contributed by atoms with E-state index in [1.54, 1.807) is 48.5 Å². The van der Waals surface area contributed by atoms with Gasteiger partial charge in [0.2, 0.25) is 0 Å². The number of rotatable bonds is 6. The van der Waals surface area contributed by atoms with E-state index in [0.717, 1.165) is 0 Å². The highest BCUT2D eigenvalue weighted by Gasteiger charge is 2.12. The number of ether oxygens (including phenoxy) is 1. The van der Waals surface area contributed by atoms with E-state index < -0.39 is 5.91 Å². The minimum absolute atomic E-state index is 0.0621. The molecule has 0 bridgehead atoms. The van der Waals surface area contributed by atoms with Crippen molar-refractivity contribution in [3.63, 3.8) is 0 Å². The largest absolute Gasteiger partial charge is 0.491 e. The number of benzene rings is 2. The number of hydrogen-bond donors (Lipinski definition) is 2. The minimum atomic E-state index is -0.391. The Morgan fingerprint density at radius 1 is 1.04 bits per heavy atom. The number of halogens is 1. The van der Waals surface area contributed by atoms with Crippen LogP contribution in [0.5, 0.6) is 5.75 Å². The van der Waals surface area contributed by atoms with Crippen molar-refractivity contribution in [2.45, 2.75) is 0 Å². The maximum Gasteiger partial charge on any atom is 0.291 e. The van der Waals surface area contributed by atoms with E-state index in [0.29, 0.717) is 22.8 Å². The molecule has 0 aliphatic carbocycles. The van der Waals surface area contributed by atoms with Crippen molar-refractivity contribution in [1.29, 1.82) is 0 Å². The van der Waals surface area contributed by atoms with Crippen molar-refractivity contribution in [3.05, 3.63) is 72.2 Å². The Labute approximate surface area is 143 Å². The molecule has 0 saturated carbocycles. The molecule has 25 heavy (non-hydrogen) atoms. The predicted molar refractivity (Wildman–Crippen MR) is 91.1 cm³/mol. The van der Waals surface area contributed by atoms with Crippen LogP contribution in [0.1, 0.15) is 10.6 Å². The minimum Gasteiger partial charge on any atom is -0.491 e. The quantitative estimate of drug-likeness (QED) is 0.717. The van der Waals surface area contributed by atoms with Gasteiger partial charge in [-0.1, -0.05) is 0 Å². The molecule has 3 aromatic rings. The van der Waals surface area contributed by atoms with Gasteiger partial charge >= 0.3 is 0 Å². The number of amides is 1. The topological polar surface area (TPSA) is 71.7 Å². The fourth-order valence-corrected chi connectivity index (χ4v) is 2.22. The van der Waals surface area contributed by atoms with Crippen molar-refractivity contribution in [2.75, 3.05) is 18.5 Å². The Hall–Kier alpha value is -3.12. The first-order chi connectivity index (χ1) is 12.2. The van der Waals surface area contributed by atoms with E-state index in [4.69, 9.17) is 14.3 Å². The second-order valence-corrected chi connectivity index (χ2v) is 5.22. The molecule has 0 unspecified atom stereocenters. The van der Waals surface area contributed by atoms with Crippen LogP contribution >= 0.6 is 0 Å². The molecule has 128 valence electrons. The number of aliphatic hydroxyl groups excluding tert-OH is 1. The summed E-state index contributed by atoms with van der Waals surface area (Å²) in [7, 11) is 0. The molecule has 0 aliphatic rings. The summed E-state index contributed by atoms with van der Waals surface area (Å²) >= 11 is 0. The molecule has 0 radical (unpaired) electrons. The summed E-state index contributed by atoms with van der Waals surface area (Å²) in [5.41, 5.74) is 1.27. The van der Waals surface area contributed by atoms with Gasteiger partial charge in [0.05, 0.1) is 6.61 Å². The van der Waals surface area contributed by atoms with Crippen molar-refractivity contribution < 1.29 is 23.4 Å². The number of furan rings is 1. The van der Waals surface area contributed by atoms with Crippen LogP contribution in [0.3, 0.4) is 0 Å². The summed E-state index contributed by atoms with van der Waals surface area (Å²) in [5.74, 6) is 0.513. The Balaban J connectivity index is 1.66. The average molecular weight is 341 g/mol. The van der Waals surface area contributed by atoms with E-state index in [9.17, 15) is 9.18 Å². The maximum atomic E-state index is 13.0. The standard InChI is InChI=1S/C19H16FNO4/c20-14-3-1-13(2-4-14)17-9-10-18(25-17)19(23)21-15-5-7-16(8-6-15)24-12-11-22/h1-10,22H,11-12H2,(H,21,23). The normalized spacial score (nSPS) is 10.5. The zero-order valence-corrected chi connectivity index (χ0v) is 13.2. The molecule has 2 aromatic carbocycles. The summed E-state index contributed by atoms with van der Waals surface area (Å²) in [4.78, 5) is 12.2. The second kappa shape index (κ2) is 7.63. The van der Waals surface area contributed by atoms with E-state index in [-0.39, 0.29) is 24.8 Å². The third-order valence-corrected chi connectivity index (χ3v) is 3.43. The lowest BCUT2D eigenvalue weighted by Gasteiger charge is -2.06. The molecule has 2 N–H and O–H groups in total. The van der Waals surface area contributed by atoms with Crippen molar-refractivity contribution >= 4 is 11.6 Å². The second-order valence-electron chi connectivity index (χ2n) is 5.22. The van der Waals surface area contributed by atoms with Gasteiger partial charge in [-0.05, 0) is 60.7 Å². The highest BCUT2D eigenvalue weighted by Crippen LogP contribution is 2.23. The molecule has 1 heterocycles. The number of anilines is 1. The lowest BCUT2D eigenvalue weighted by atomic mass is 10.2. The highest BCUT2D eigenvalue weighted by atomic mass is 19.1. The SMILES string of the molecule is O=C(Nc1ccc(OCCO)cc1)c1ccc(-c2ccc(F)cc2)o1. The van der Waals surface area contributed by atoms with Crippen molar-refractivity contribution in [1.82, 2.24) is 0 Å². The molecule has 5 nitrogen and oxygen atoms in total. The number of nitrogens with one attached hydrogen (secondary N) is 1. The number of hydrogen-bond acceptors (Lipinski definition) is 4. The smallest absolute Gasteiger partial charge is 0.291 e. The van der Waals surface area contributed by atoms with Crippen LogP contribution in [0.25, 0.3) is 11.3 Å². The summed E-state index contributed by atoms with van der Waals surface area (Å²) in [6, 6.07) is 15.8. The highest BCUT2D eigenvalue weighted by molar-refractivity contribution is 6.02. The summed E-state index contributed by atoms with van der Waals surface area (Å²) < 4.78 is 23.7. The first-order valence-corrected chi connectivity index (χ1v) is 7.66. The van der Waals surface area contributed by atoms with E-state index in [1.165, 1.54) is 12.1 Å². The fourth-order valence-electron chi connectivity index (χ4n) is 2.22. The van der Waals surface area contributed by atoms with Crippen molar-refractivity contribution in [2.24, 2.45) is 0 Å². The zero-order valence-electron chi connectivity index (χ0n) is 13.2. The molecule has 0 saturated heterocycles. The lowest BCUT2D eigenvalue weighted by molar-refractivity contribution is 0.0997. The zero-order chi connectivity index (χ0) is 17.6. The third kappa shape index (κ3) is 4.24. The molecule has 0 aliphatic heterocycles. The molecular formula is C19H16FNO4.